The van der Waals surface area contributed by atoms with Gasteiger partial charge in [-0.25, -0.2) is 0 Å². The molecule has 0 bridgehead atoms. The molecule has 166 valence electrons. The van der Waals surface area contributed by atoms with Crippen LogP contribution in [-0.4, -0.2) is 21.4 Å². The van der Waals surface area contributed by atoms with Crippen molar-refractivity contribution in [3.8, 4) is 5.75 Å². The lowest BCUT2D eigenvalue weighted by molar-refractivity contribution is -0.137. The molecule has 1 heterocycles. The summed E-state index contributed by atoms with van der Waals surface area (Å²) >= 11 is 13.3. The number of nitrogens with zero attached hydrogens (tertiary/aromatic N) is 3. The van der Waals surface area contributed by atoms with E-state index in [1.165, 1.54) is 23.9 Å². The van der Waals surface area contributed by atoms with E-state index in [2.05, 4.69) is 10.2 Å². The van der Waals surface area contributed by atoms with Gasteiger partial charge in [0.25, 0.3) is 0 Å². The molecule has 1 aromatic heterocycles. The third kappa shape index (κ3) is 6.54. The highest BCUT2D eigenvalue weighted by molar-refractivity contribution is 7.98. The summed E-state index contributed by atoms with van der Waals surface area (Å²) in [4.78, 5) is 0. The van der Waals surface area contributed by atoms with Crippen molar-refractivity contribution >= 4 is 35.0 Å². The van der Waals surface area contributed by atoms with Crippen molar-refractivity contribution < 1.29 is 17.9 Å². The van der Waals surface area contributed by atoms with Crippen molar-refractivity contribution in [1.29, 1.82) is 0 Å². The molecule has 0 amide bonds. The molecule has 0 saturated heterocycles. The number of hydrogen-bond acceptors (Lipinski definition) is 4. The fourth-order valence-electron chi connectivity index (χ4n) is 2.92. The van der Waals surface area contributed by atoms with Crippen LogP contribution < -0.4 is 4.74 Å². The molecule has 0 aliphatic carbocycles. The standard InChI is InChI=1S/C21H20Cl2F3N3OS/c1-2-29-19(7-4-10-30-18-9-8-16(22)12-17(18)23)27-28-20(29)31-13-14-5-3-6-15(11-14)21(24,25)26/h3,5-6,8-9,11-12H,2,4,7,10,13H2,1H3. The number of benzene rings is 2. The van der Waals surface area contributed by atoms with Gasteiger partial charge >= 0.3 is 6.18 Å². The first-order valence-corrected chi connectivity index (χ1v) is 11.3. The Morgan fingerprint density at radius 1 is 1.10 bits per heavy atom. The summed E-state index contributed by atoms with van der Waals surface area (Å²) in [6, 6.07) is 10.4. The maximum absolute atomic E-state index is 12.9. The Bertz CT molecular complexity index is 1030. The predicted molar refractivity (Wildman–Crippen MR) is 117 cm³/mol. The second-order valence-corrected chi connectivity index (χ2v) is 8.44. The highest BCUT2D eigenvalue weighted by Crippen LogP contribution is 2.31. The van der Waals surface area contributed by atoms with Gasteiger partial charge in [0.1, 0.15) is 11.6 Å². The van der Waals surface area contributed by atoms with Gasteiger partial charge in [-0.1, -0.05) is 53.2 Å². The Labute approximate surface area is 192 Å². The van der Waals surface area contributed by atoms with E-state index in [1.807, 2.05) is 11.5 Å². The molecule has 0 unspecified atom stereocenters. The highest BCUT2D eigenvalue weighted by atomic mass is 35.5. The van der Waals surface area contributed by atoms with Crippen LogP contribution in [0.2, 0.25) is 10.0 Å². The van der Waals surface area contributed by atoms with Crippen LogP contribution in [0.5, 0.6) is 5.75 Å². The Balaban J connectivity index is 1.55. The zero-order valence-electron chi connectivity index (χ0n) is 16.6. The maximum Gasteiger partial charge on any atom is 0.416 e. The van der Waals surface area contributed by atoms with E-state index >= 15 is 0 Å². The molecule has 4 nitrogen and oxygen atoms in total. The average molecular weight is 490 g/mol. The molecular weight excluding hydrogens is 470 g/mol. The molecule has 3 rings (SSSR count). The first-order valence-electron chi connectivity index (χ1n) is 9.56. The molecule has 0 radical (unpaired) electrons. The summed E-state index contributed by atoms with van der Waals surface area (Å²) in [6.45, 7) is 3.09. The van der Waals surface area contributed by atoms with Crippen LogP contribution in [-0.2, 0) is 24.9 Å². The molecule has 31 heavy (non-hydrogen) atoms. The molecule has 2 aromatic carbocycles. The number of ether oxygens (including phenoxy) is 1. The number of aromatic nitrogens is 3. The van der Waals surface area contributed by atoms with Crippen molar-refractivity contribution in [3.63, 3.8) is 0 Å². The van der Waals surface area contributed by atoms with Gasteiger partial charge in [-0.2, -0.15) is 13.2 Å². The minimum absolute atomic E-state index is 0.375. The molecule has 0 N–H and O–H groups in total. The average Bonchev–Trinajstić information content (AvgIpc) is 3.12. The zero-order valence-corrected chi connectivity index (χ0v) is 19.0. The van der Waals surface area contributed by atoms with E-state index in [0.29, 0.717) is 58.3 Å². The Hall–Kier alpha value is -1.90. The Kier molecular flexibility index (Phi) is 8.13. The Morgan fingerprint density at radius 3 is 2.61 bits per heavy atom. The molecule has 3 aromatic rings. The van der Waals surface area contributed by atoms with Gasteiger partial charge in [0.15, 0.2) is 5.16 Å². The molecule has 0 fully saturated rings. The minimum Gasteiger partial charge on any atom is -0.492 e. The lowest BCUT2D eigenvalue weighted by atomic mass is 10.1. The van der Waals surface area contributed by atoms with E-state index < -0.39 is 11.7 Å². The number of halogens is 5. The second kappa shape index (κ2) is 10.6. The van der Waals surface area contributed by atoms with Crippen molar-refractivity contribution in [2.45, 2.75) is 43.4 Å². The molecule has 0 aliphatic heterocycles. The van der Waals surface area contributed by atoms with E-state index in [9.17, 15) is 13.2 Å². The summed E-state index contributed by atoms with van der Waals surface area (Å²) in [5.41, 5.74) is -0.0655. The van der Waals surface area contributed by atoms with Crippen molar-refractivity contribution in [1.82, 2.24) is 14.8 Å². The van der Waals surface area contributed by atoms with Crippen LogP contribution in [0, 0.1) is 0 Å². The third-order valence-corrected chi connectivity index (χ3v) is 6.00. The van der Waals surface area contributed by atoms with Crippen LogP contribution in [0.15, 0.2) is 47.6 Å². The van der Waals surface area contributed by atoms with Gasteiger partial charge in [-0.3, -0.25) is 0 Å². The van der Waals surface area contributed by atoms with Gasteiger partial charge in [0.2, 0.25) is 0 Å². The summed E-state index contributed by atoms with van der Waals surface area (Å²) in [5, 5.41) is 10.1. The quantitative estimate of drug-likeness (QED) is 0.241. The number of hydrogen-bond donors (Lipinski definition) is 0. The summed E-state index contributed by atoms with van der Waals surface area (Å²) in [7, 11) is 0. The van der Waals surface area contributed by atoms with Gasteiger partial charge < -0.3 is 9.30 Å². The maximum atomic E-state index is 12.9. The summed E-state index contributed by atoms with van der Waals surface area (Å²) in [6.07, 6.45) is -3.00. The Morgan fingerprint density at radius 2 is 1.90 bits per heavy atom. The number of thioether (sulfide) groups is 1. The molecule has 0 aliphatic rings. The SMILES string of the molecule is CCn1c(CCCOc2ccc(Cl)cc2Cl)nnc1SCc1cccc(C(F)(F)F)c1. The molecule has 0 atom stereocenters. The van der Waals surface area contributed by atoms with Crippen LogP contribution >= 0.6 is 35.0 Å². The fourth-order valence-corrected chi connectivity index (χ4v) is 4.35. The zero-order chi connectivity index (χ0) is 22.4. The highest BCUT2D eigenvalue weighted by Gasteiger charge is 2.30. The lowest BCUT2D eigenvalue weighted by Gasteiger charge is -2.10. The van der Waals surface area contributed by atoms with Crippen LogP contribution in [0.4, 0.5) is 13.2 Å². The van der Waals surface area contributed by atoms with Gasteiger partial charge in [0, 0.05) is 23.7 Å². The number of alkyl halides is 3. The van der Waals surface area contributed by atoms with Crippen molar-refractivity contribution in [2.75, 3.05) is 6.61 Å². The van der Waals surface area contributed by atoms with Crippen molar-refractivity contribution in [3.05, 3.63) is 69.5 Å². The van der Waals surface area contributed by atoms with Crippen LogP contribution in [0.3, 0.4) is 0 Å². The van der Waals surface area contributed by atoms with Crippen LogP contribution in [0.25, 0.3) is 0 Å². The molecular formula is C21H20Cl2F3N3OS. The molecule has 0 saturated carbocycles. The smallest absolute Gasteiger partial charge is 0.416 e. The first kappa shape index (κ1) is 23.8. The van der Waals surface area contributed by atoms with E-state index in [0.717, 1.165) is 11.9 Å². The monoisotopic (exact) mass is 489 g/mol. The van der Waals surface area contributed by atoms with E-state index in [4.69, 9.17) is 27.9 Å². The van der Waals surface area contributed by atoms with Gasteiger partial charge in [0.05, 0.1) is 17.2 Å². The topological polar surface area (TPSA) is 39.9 Å². The van der Waals surface area contributed by atoms with E-state index in [1.54, 1.807) is 24.3 Å². The second-order valence-electron chi connectivity index (χ2n) is 6.66. The number of aryl methyl sites for hydroxylation is 1. The van der Waals surface area contributed by atoms with Gasteiger partial charge in [-0.05, 0) is 43.2 Å². The third-order valence-electron chi connectivity index (χ3n) is 4.43. The minimum atomic E-state index is -4.35. The van der Waals surface area contributed by atoms with Crippen LogP contribution in [0.1, 0.15) is 30.3 Å². The van der Waals surface area contributed by atoms with E-state index in [-0.39, 0.29) is 0 Å². The normalized spacial score (nSPS) is 11.7. The number of rotatable bonds is 9. The summed E-state index contributed by atoms with van der Waals surface area (Å²) in [5.74, 6) is 1.75. The molecule has 10 heteroatoms. The van der Waals surface area contributed by atoms with Crippen molar-refractivity contribution in [2.24, 2.45) is 0 Å². The lowest BCUT2D eigenvalue weighted by Crippen LogP contribution is -2.07. The van der Waals surface area contributed by atoms with Gasteiger partial charge in [-0.15, -0.1) is 10.2 Å². The summed E-state index contributed by atoms with van der Waals surface area (Å²) < 4.78 is 46.3. The molecule has 0 spiro atoms. The predicted octanol–water partition coefficient (Wildman–Crippen LogP) is 6.93. The largest absolute Gasteiger partial charge is 0.492 e. The first-order chi connectivity index (χ1) is 14.8. The fraction of sp³-hybridized carbons (Fsp3) is 0.333.